The third kappa shape index (κ3) is 6.35. The predicted octanol–water partition coefficient (Wildman–Crippen LogP) is 2.20. The number of urea groups is 1. The van der Waals surface area contributed by atoms with Crippen molar-refractivity contribution in [2.24, 2.45) is 0 Å². The van der Waals surface area contributed by atoms with Gasteiger partial charge >= 0.3 is 6.03 Å². The van der Waals surface area contributed by atoms with Gasteiger partial charge in [-0.2, -0.15) is 0 Å². The van der Waals surface area contributed by atoms with Crippen molar-refractivity contribution in [2.45, 2.75) is 13.0 Å². The van der Waals surface area contributed by atoms with E-state index in [0.717, 1.165) is 26.3 Å². The number of anilines is 1. The van der Waals surface area contributed by atoms with Gasteiger partial charge in [0.15, 0.2) is 0 Å². The second-order valence-corrected chi connectivity index (χ2v) is 5.74. The number of hydrogen-bond acceptors (Lipinski definition) is 4. The fourth-order valence-electron chi connectivity index (χ4n) is 2.41. The van der Waals surface area contributed by atoms with Crippen molar-refractivity contribution in [1.29, 1.82) is 0 Å². The molecule has 1 aliphatic heterocycles. The maximum absolute atomic E-state index is 12.0. The van der Waals surface area contributed by atoms with E-state index in [9.17, 15) is 4.79 Å². The molecule has 23 heavy (non-hydrogen) atoms. The first-order valence-corrected chi connectivity index (χ1v) is 8.26. The molecule has 1 atom stereocenters. The Morgan fingerprint density at radius 3 is 2.70 bits per heavy atom. The third-order valence-electron chi connectivity index (χ3n) is 3.68. The number of benzene rings is 1. The molecule has 6 nitrogen and oxygen atoms in total. The minimum atomic E-state index is -0.234. The molecule has 1 aliphatic rings. The van der Waals surface area contributed by atoms with Crippen molar-refractivity contribution in [3.63, 3.8) is 0 Å². The lowest BCUT2D eigenvalue weighted by Crippen LogP contribution is -2.51. The molecule has 0 saturated carbocycles. The summed E-state index contributed by atoms with van der Waals surface area (Å²) < 4.78 is 10.9. The summed E-state index contributed by atoms with van der Waals surface area (Å²) in [5.41, 5.74) is 0.708. The Bertz CT molecular complexity index is 478. The third-order valence-corrected chi connectivity index (χ3v) is 3.93. The molecule has 0 aliphatic carbocycles. The molecule has 1 aromatic carbocycles. The normalized spacial score (nSPS) is 16.8. The number of halogens is 1. The summed E-state index contributed by atoms with van der Waals surface area (Å²) in [5.74, 6) is 0. The average Bonchev–Trinajstić information content (AvgIpc) is 2.58. The Kier molecular flexibility index (Phi) is 7.61. The molecule has 0 aromatic heterocycles. The van der Waals surface area contributed by atoms with Gasteiger partial charge in [0.1, 0.15) is 0 Å². The van der Waals surface area contributed by atoms with Crippen LogP contribution in [0.25, 0.3) is 0 Å². The number of ether oxygens (including phenoxy) is 2. The molecular formula is C16H24ClN3O3. The highest BCUT2D eigenvalue weighted by molar-refractivity contribution is 6.30. The van der Waals surface area contributed by atoms with E-state index in [1.165, 1.54) is 0 Å². The highest BCUT2D eigenvalue weighted by atomic mass is 35.5. The molecule has 2 rings (SSSR count). The van der Waals surface area contributed by atoms with Crippen LogP contribution in [0, 0.1) is 0 Å². The summed E-state index contributed by atoms with van der Waals surface area (Å²) in [6, 6.07) is 6.92. The Hall–Kier alpha value is -1.34. The molecule has 128 valence electrons. The lowest BCUT2D eigenvalue weighted by atomic mass is 10.2. The van der Waals surface area contributed by atoms with Crippen LogP contribution in [0.15, 0.2) is 24.3 Å². The summed E-state index contributed by atoms with van der Waals surface area (Å²) in [7, 11) is 0. The lowest BCUT2D eigenvalue weighted by molar-refractivity contribution is -0.00770. The Morgan fingerprint density at radius 1 is 1.35 bits per heavy atom. The molecule has 1 heterocycles. The van der Waals surface area contributed by atoms with E-state index in [-0.39, 0.29) is 12.1 Å². The minimum absolute atomic E-state index is 0.148. The van der Waals surface area contributed by atoms with Gasteiger partial charge in [0, 0.05) is 37.0 Å². The van der Waals surface area contributed by atoms with E-state index in [4.69, 9.17) is 21.1 Å². The zero-order valence-electron chi connectivity index (χ0n) is 13.4. The van der Waals surface area contributed by atoms with Crippen molar-refractivity contribution < 1.29 is 14.3 Å². The molecule has 0 bridgehead atoms. The molecule has 7 heteroatoms. The van der Waals surface area contributed by atoms with Gasteiger partial charge in [0.25, 0.3) is 0 Å². The van der Waals surface area contributed by atoms with Gasteiger partial charge in [0.05, 0.1) is 25.9 Å². The summed E-state index contributed by atoms with van der Waals surface area (Å²) in [6.45, 7) is 6.92. The van der Waals surface area contributed by atoms with Crippen LogP contribution in [0.5, 0.6) is 0 Å². The summed E-state index contributed by atoms with van der Waals surface area (Å²) in [4.78, 5) is 14.3. The molecule has 1 saturated heterocycles. The maximum Gasteiger partial charge on any atom is 0.319 e. The van der Waals surface area contributed by atoms with E-state index < -0.39 is 0 Å². The van der Waals surface area contributed by atoms with Crippen LogP contribution in [0.3, 0.4) is 0 Å². The number of amides is 2. The second-order valence-electron chi connectivity index (χ2n) is 5.30. The highest BCUT2D eigenvalue weighted by Gasteiger charge is 2.21. The van der Waals surface area contributed by atoms with Gasteiger partial charge in [-0.1, -0.05) is 11.6 Å². The first kappa shape index (κ1) is 18.0. The van der Waals surface area contributed by atoms with E-state index in [1.807, 2.05) is 6.92 Å². The molecule has 1 unspecified atom stereocenters. The molecule has 1 aromatic rings. The largest absolute Gasteiger partial charge is 0.380 e. The Morgan fingerprint density at radius 2 is 2.04 bits per heavy atom. The fraction of sp³-hybridized carbons (Fsp3) is 0.562. The number of rotatable bonds is 7. The maximum atomic E-state index is 12.0. The number of nitrogens with one attached hydrogen (secondary N) is 2. The first-order chi connectivity index (χ1) is 11.2. The summed E-state index contributed by atoms with van der Waals surface area (Å²) in [5, 5.41) is 6.34. The van der Waals surface area contributed by atoms with Crippen LogP contribution in [-0.2, 0) is 9.47 Å². The molecule has 1 fully saturated rings. The van der Waals surface area contributed by atoms with E-state index in [0.29, 0.717) is 30.5 Å². The predicted molar refractivity (Wildman–Crippen MR) is 91.1 cm³/mol. The first-order valence-electron chi connectivity index (χ1n) is 7.89. The van der Waals surface area contributed by atoms with Crippen LogP contribution >= 0.6 is 11.6 Å². The zero-order valence-corrected chi connectivity index (χ0v) is 14.1. The monoisotopic (exact) mass is 341 g/mol. The molecule has 2 amide bonds. The van der Waals surface area contributed by atoms with E-state index in [2.05, 4.69) is 15.5 Å². The number of nitrogens with zero attached hydrogens (tertiary/aromatic N) is 1. The van der Waals surface area contributed by atoms with Gasteiger partial charge in [-0.05, 0) is 31.2 Å². The van der Waals surface area contributed by atoms with Crippen molar-refractivity contribution in [1.82, 2.24) is 10.2 Å². The Labute approximate surface area is 142 Å². The topological polar surface area (TPSA) is 62.8 Å². The van der Waals surface area contributed by atoms with E-state index >= 15 is 0 Å². The van der Waals surface area contributed by atoms with Crippen molar-refractivity contribution >= 4 is 23.3 Å². The van der Waals surface area contributed by atoms with Gasteiger partial charge in [-0.3, -0.25) is 4.90 Å². The summed E-state index contributed by atoms with van der Waals surface area (Å²) in [6.07, 6.45) is 0. The highest BCUT2D eigenvalue weighted by Crippen LogP contribution is 2.13. The van der Waals surface area contributed by atoms with Gasteiger partial charge in [-0.15, -0.1) is 0 Å². The van der Waals surface area contributed by atoms with Crippen molar-refractivity contribution in [3.05, 3.63) is 29.3 Å². The molecule has 2 N–H and O–H groups in total. The van der Waals surface area contributed by atoms with Crippen LogP contribution in [0.1, 0.15) is 6.92 Å². The van der Waals surface area contributed by atoms with Crippen molar-refractivity contribution in [3.8, 4) is 0 Å². The Balaban J connectivity index is 1.81. The quantitative estimate of drug-likeness (QED) is 0.798. The van der Waals surface area contributed by atoms with Crippen LogP contribution in [0.4, 0.5) is 10.5 Å². The number of carbonyl (C=O) groups is 1. The van der Waals surface area contributed by atoms with E-state index in [1.54, 1.807) is 24.3 Å². The molecular weight excluding hydrogens is 318 g/mol. The van der Waals surface area contributed by atoms with Gasteiger partial charge in [-0.25, -0.2) is 4.79 Å². The second kappa shape index (κ2) is 9.72. The van der Waals surface area contributed by atoms with Gasteiger partial charge in [0.2, 0.25) is 0 Å². The van der Waals surface area contributed by atoms with Crippen LogP contribution in [-0.4, -0.2) is 63.0 Å². The van der Waals surface area contributed by atoms with Gasteiger partial charge < -0.3 is 20.1 Å². The average molecular weight is 342 g/mol. The van der Waals surface area contributed by atoms with Crippen molar-refractivity contribution in [2.75, 3.05) is 51.4 Å². The lowest BCUT2D eigenvalue weighted by Gasteiger charge is -2.34. The number of morpholine rings is 1. The summed E-state index contributed by atoms with van der Waals surface area (Å²) >= 11 is 5.83. The SMILES string of the molecule is CCOCC(CNC(=O)Nc1ccc(Cl)cc1)N1CCOCC1. The smallest absolute Gasteiger partial charge is 0.319 e. The van der Waals surface area contributed by atoms with Crippen LogP contribution in [0.2, 0.25) is 5.02 Å². The molecule has 0 spiro atoms. The fourth-order valence-corrected chi connectivity index (χ4v) is 2.53. The molecule has 0 radical (unpaired) electrons. The zero-order chi connectivity index (χ0) is 16.5. The minimum Gasteiger partial charge on any atom is -0.380 e. The number of carbonyl (C=O) groups excluding carboxylic acids is 1. The van der Waals surface area contributed by atoms with Crippen LogP contribution < -0.4 is 10.6 Å². The number of hydrogen-bond donors (Lipinski definition) is 2. The standard InChI is InChI=1S/C16H24ClN3O3/c1-2-22-12-15(20-7-9-23-10-8-20)11-18-16(21)19-14-5-3-13(17)4-6-14/h3-6,15H,2,7-12H2,1H3,(H2,18,19,21).